The first-order valence-electron chi connectivity index (χ1n) is 4.63. The molecule has 0 heterocycles. The van der Waals surface area contributed by atoms with E-state index in [4.69, 9.17) is 23.8 Å². The van der Waals surface area contributed by atoms with Crippen LogP contribution in [0.2, 0.25) is 5.02 Å². The molecule has 1 rings (SSSR count). The predicted molar refractivity (Wildman–Crippen MR) is 68.5 cm³/mol. The molecule has 0 atom stereocenters. The van der Waals surface area contributed by atoms with Gasteiger partial charge in [0.25, 0.3) is 5.91 Å². The van der Waals surface area contributed by atoms with E-state index in [-0.39, 0.29) is 11.0 Å². The Kier molecular flexibility index (Phi) is 4.86. The summed E-state index contributed by atoms with van der Waals surface area (Å²) in [7, 11) is 0. The summed E-state index contributed by atoms with van der Waals surface area (Å²) in [5.74, 6) is -0.766. The Balaban J connectivity index is 2.54. The van der Waals surface area contributed by atoms with Crippen LogP contribution in [0.1, 0.15) is 17.3 Å². The molecule has 1 aromatic rings. The van der Waals surface area contributed by atoms with Gasteiger partial charge in [-0.3, -0.25) is 20.4 Å². The lowest BCUT2D eigenvalue weighted by atomic mass is 10.2. The summed E-state index contributed by atoms with van der Waals surface area (Å²) in [6, 6.07) is 6.57. The van der Waals surface area contributed by atoms with E-state index >= 15 is 0 Å². The standard InChI is InChI=1S/C10H10ClN3O2S/c1-6(15)12-10(17)14-13-9(16)7-4-2-3-5-8(7)11/h2-5H,1H3,(H,13,16)(H2,12,14,15,17). The first kappa shape index (κ1) is 13.4. The Bertz CT molecular complexity index is 465. The van der Waals surface area contributed by atoms with Crippen LogP contribution in [-0.4, -0.2) is 16.9 Å². The second-order valence-electron chi connectivity index (χ2n) is 3.07. The summed E-state index contributed by atoms with van der Waals surface area (Å²) in [5.41, 5.74) is 5.01. The third-order valence-corrected chi connectivity index (χ3v) is 2.23. The van der Waals surface area contributed by atoms with Gasteiger partial charge < -0.3 is 5.32 Å². The van der Waals surface area contributed by atoms with E-state index < -0.39 is 5.91 Å². The summed E-state index contributed by atoms with van der Waals surface area (Å²) in [5, 5.41) is 2.64. The van der Waals surface area contributed by atoms with Crippen molar-refractivity contribution in [1.82, 2.24) is 16.2 Å². The molecule has 90 valence electrons. The fourth-order valence-corrected chi connectivity index (χ4v) is 1.43. The first-order chi connectivity index (χ1) is 8.00. The van der Waals surface area contributed by atoms with E-state index in [0.717, 1.165) is 0 Å². The van der Waals surface area contributed by atoms with Crippen molar-refractivity contribution in [2.24, 2.45) is 0 Å². The summed E-state index contributed by atoms with van der Waals surface area (Å²) in [6.07, 6.45) is 0. The Morgan fingerprint density at radius 2 is 1.88 bits per heavy atom. The molecular weight excluding hydrogens is 262 g/mol. The van der Waals surface area contributed by atoms with Gasteiger partial charge in [0.05, 0.1) is 10.6 Å². The number of rotatable bonds is 1. The molecule has 2 amide bonds. The Morgan fingerprint density at radius 1 is 1.24 bits per heavy atom. The van der Waals surface area contributed by atoms with Gasteiger partial charge in [0.15, 0.2) is 5.11 Å². The van der Waals surface area contributed by atoms with Crippen LogP contribution in [0.25, 0.3) is 0 Å². The number of benzene rings is 1. The Labute approximate surface area is 108 Å². The van der Waals surface area contributed by atoms with Gasteiger partial charge in [-0.1, -0.05) is 23.7 Å². The fraction of sp³-hybridized carbons (Fsp3) is 0.100. The highest BCUT2D eigenvalue weighted by molar-refractivity contribution is 7.80. The minimum Gasteiger partial charge on any atom is -0.302 e. The van der Waals surface area contributed by atoms with Crippen molar-refractivity contribution in [1.29, 1.82) is 0 Å². The second kappa shape index (κ2) is 6.17. The summed E-state index contributed by atoms with van der Waals surface area (Å²) in [4.78, 5) is 22.3. The average Bonchev–Trinajstić information content (AvgIpc) is 2.25. The zero-order valence-corrected chi connectivity index (χ0v) is 10.5. The lowest BCUT2D eigenvalue weighted by Gasteiger charge is -2.10. The van der Waals surface area contributed by atoms with Gasteiger partial charge in [0.2, 0.25) is 5.91 Å². The molecule has 0 bridgehead atoms. The van der Waals surface area contributed by atoms with E-state index in [1.165, 1.54) is 6.92 Å². The van der Waals surface area contributed by atoms with E-state index in [1.807, 2.05) is 0 Å². The first-order valence-corrected chi connectivity index (χ1v) is 5.41. The summed E-state index contributed by atoms with van der Waals surface area (Å²) < 4.78 is 0. The van der Waals surface area contributed by atoms with Gasteiger partial charge in [0, 0.05) is 6.92 Å². The van der Waals surface area contributed by atoms with Crippen LogP contribution in [0.4, 0.5) is 0 Å². The SMILES string of the molecule is CC(=O)NC(=S)NNC(=O)c1ccccc1Cl. The molecule has 0 unspecified atom stereocenters. The van der Waals surface area contributed by atoms with Crippen LogP contribution >= 0.6 is 23.8 Å². The monoisotopic (exact) mass is 271 g/mol. The van der Waals surface area contributed by atoms with Crippen molar-refractivity contribution < 1.29 is 9.59 Å². The number of halogens is 1. The minimum atomic E-state index is -0.441. The molecule has 0 aromatic heterocycles. The number of hydrogen-bond acceptors (Lipinski definition) is 3. The van der Waals surface area contributed by atoms with Gasteiger partial charge in [-0.2, -0.15) is 0 Å². The van der Waals surface area contributed by atoms with Crippen molar-refractivity contribution in [2.75, 3.05) is 0 Å². The summed E-state index contributed by atoms with van der Waals surface area (Å²) >= 11 is 10.6. The Hall–Kier alpha value is -1.66. The molecule has 5 nitrogen and oxygen atoms in total. The van der Waals surface area contributed by atoms with Crippen molar-refractivity contribution in [3.63, 3.8) is 0 Å². The van der Waals surface area contributed by atoms with E-state index in [0.29, 0.717) is 10.6 Å². The van der Waals surface area contributed by atoms with Crippen LogP contribution < -0.4 is 16.2 Å². The van der Waals surface area contributed by atoms with E-state index in [9.17, 15) is 9.59 Å². The molecule has 3 N–H and O–H groups in total. The van der Waals surface area contributed by atoms with Crippen LogP contribution in [0.5, 0.6) is 0 Å². The zero-order valence-electron chi connectivity index (χ0n) is 8.91. The van der Waals surface area contributed by atoms with Crippen molar-refractivity contribution in [3.8, 4) is 0 Å². The quantitative estimate of drug-likeness (QED) is 0.526. The molecule has 7 heteroatoms. The van der Waals surface area contributed by atoms with Gasteiger partial charge in [0.1, 0.15) is 0 Å². The number of amides is 2. The highest BCUT2D eigenvalue weighted by Gasteiger charge is 2.09. The molecular formula is C10H10ClN3O2S. The van der Waals surface area contributed by atoms with Gasteiger partial charge in [-0.25, -0.2) is 0 Å². The van der Waals surface area contributed by atoms with Crippen LogP contribution in [0, 0.1) is 0 Å². The third kappa shape index (κ3) is 4.38. The topological polar surface area (TPSA) is 70.2 Å². The third-order valence-electron chi connectivity index (χ3n) is 1.70. The zero-order chi connectivity index (χ0) is 12.8. The molecule has 0 aliphatic heterocycles. The number of carbonyl (C=O) groups excluding carboxylic acids is 2. The highest BCUT2D eigenvalue weighted by atomic mass is 35.5. The maximum Gasteiger partial charge on any atom is 0.271 e. The predicted octanol–water partition coefficient (Wildman–Crippen LogP) is 0.995. The van der Waals surface area contributed by atoms with Crippen LogP contribution in [-0.2, 0) is 4.79 Å². The normalized spacial score (nSPS) is 9.29. The van der Waals surface area contributed by atoms with Crippen molar-refractivity contribution >= 4 is 40.7 Å². The summed E-state index contributed by atoms with van der Waals surface area (Å²) in [6.45, 7) is 1.31. The maximum atomic E-state index is 11.6. The lowest BCUT2D eigenvalue weighted by Crippen LogP contribution is -2.48. The molecule has 0 saturated heterocycles. The average molecular weight is 272 g/mol. The number of carbonyl (C=O) groups is 2. The van der Waals surface area contributed by atoms with Crippen molar-refractivity contribution in [3.05, 3.63) is 34.9 Å². The highest BCUT2D eigenvalue weighted by Crippen LogP contribution is 2.13. The number of nitrogens with one attached hydrogen (secondary N) is 3. The van der Waals surface area contributed by atoms with Gasteiger partial charge in [-0.15, -0.1) is 0 Å². The molecule has 0 saturated carbocycles. The van der Waals surface area contributed by atoms with Gasteiger partial charge >= 0.3 is 0 Å². The molecule has 0 radical (unpaired) electrons. The van der Waals surface area contributed by atoms with Crippen LogP contribution in [0.15, 0.2) is 24.3 Å². The molecule has 0 fully saturated rings. The second-order valence-corrected chi connectivity index (χ2v) is 3.88. The fourth-order valence-electron chi connectivity index (χ4n) is 1.02. The molecule has 1 aromatic carbocycles. The molecule has 0 aliphatic rings. The van der Waals surface area contributed by atoms with Gasteiger partial charge in [-0.05, 0) is 24.4 Å². The van der Waals surface area contributed by atoms with Crippen molar-refractivity contribution in [2.45, 2.75) is 6.92 Å². The largest absolute Gasteiger partial charge is 0.302 e. The Morgan fingerprint density at radius 3 is 2.47 bits per heavy atom. The van der Waals surface area contributed by atoms with E-state index in [2.05, 4.69) is 16.2 Å². The number of hydrazine groups is 1. The van der Waals surface area contributed by atoms with E-state index in [1.54, 1.807) is 24.3 Å². The molecule has 0 aliphatic carbocycles. The minimum absolute atomic E-state index is 0.0119. The maximum absolute atomic E-state index is 11.6. The lowest BCUT2D eigenvalue weighted by molar-refractivity contribution is -0.117. The number of hydrogen-bond donors (Lipinski definition) is 3. The smallest absolute Gasteiger partial charge is 0.271 e. The molecule has 17 heavy (non-hydrogen) atoms. The molecule has 0 spiro atoms. The number of thiocarbonyl (C=S) groups is 1. The van der Waals surface area contributed by atoms with Crippen LogP contribution in [0.3, 0.4) is 0 Å².